The number of methoxy groups -OCH3 is 1. The molecule has 0 aromatic heterocycles. The van der Waals surface area contributed by atoms with Crippen LogP contribution in [-0.2, 0) is 11.2 Å². The van der Waals surface area contributed by atoms with Gasteiger partial charge in [0.15, 0.2) is 5.78 Å². The summed E-state index contributed by atoms with van der Waals surface area (Å²) in [5.74, 6) is 0.447. The molecule has 1 saturated heterocycles. The molecule has 0 aliphatic carbocycles. The maximum Gasteiger partial charge on any atom is 0.228 e. The highest BCUT2D eigenvalue weighted by molar-refractivity contribution is 5.97. The highest BCUT2D eigenvalue weighted by atomic mass is 16.5. The molecular weight excluding hydrogens is 328 g/mol. The number of carbonyl (C=O) groups is 2. The van der Waals surface area contributed by atoms with Crippen LogP contribution < -0.4 is 15.0 Å². The van der Waals surface area contributed by atoms with E-state index in [1.165, 1.54) is 19.8 Å². The molecule has 3 rings (SSSR count). The molecule has 0 saturated carbocycles. The van der Waals surface area contributed by atoms with Crippen molar-refractivity contribution in [2.45, 2.75) is 26.2 Å². The Kier molecular flexibility index (Phi) is 5.56. The number of rotatable bonds is 6. The Balaban J connectivity index is 1.78. The van der Waals surface area contributed by atoms with Crippen LogP contribution >= 0.6 is 0 Å². The van der Waals surface area contributed by atoms with Crippen molar-refractivity contribution in [3.63, 3.8) is 0 Å². The summed E-state index contributed by atoms with van der Waals surface area (Å²) < 4.78 is 5.34. The fourth-order valence-electron chi connectivity index (χ4n) is 3.32. The molecule has 1 fully saturated rings. The molecule has 0 unspecified atom stereocenters. The average molecular weight is 352 g/mol. The van der Waals surface area contributed by atoms with Crippen LogP contribution in [0.2, 0.25) is 0 Å². The lowest BCUT2D eigenvalue weighted by atomic mass is 10.0. The molecule has 2 aromatic carbocycles. The topological polar surface area (TPSA) is 58.6 Å². The third-order valence-electron chi connectivity index (χ3n) is 4.66. The van der Waals surface area contributed by atoms with Crippen molar-refractivity contribution in [1.29, 1.82) is 0 Å². The molecule has 0 spiro atoms. The SMILES string of the molecule is COc1ccc(C(C)=O)cc1CC(=O)Nc1ccccc1N1CCCC1. The van der Waals surface area contributed by atoms with E-state index in [9.17, 15) is 9.59 Å². The lowest BCUT2D eigenvalue weighted by Crippen LogP contribution is -2.22. The van der Waals surface area contributed by atoms with E-state index in [-0.39, 0.29) is 18.1 Å². The molecule has 5 heteroatoms. The predicted molar refractivity (Wildman–Crippen MR) is 103 cm³/mol. The Morgan fingerprint density at radius 3 is 2.54 bits per heavy atom. The summed E-state index contributed by atoms with van der Waals surface area (Å²) >= 11 is 0. The zero-order valence-corrected chi connectivity index (χ0v) is 15.2. The van der Waals surface area contributed by atoms with Gasteiger partial charge in [0.25, 0.3) is 0 Å². The second-order valence-corrected chi connectivity index (χ2v) is 6.52. The molecule has 1 N–H and O–H groups in total. The van der Waals surface area contributed by atoms with Crippen molar-refractivity contribution in [3.05, 3.63) is 53.6 Å². The fraction of sp³-hybridized carbons (Fsp3) is 0.333. The number of carbonyl (C=O) groups excluding carboxylic acids is 2. The van der Waals surface area contributed by atoms with Gasteiger partial charge in [0, 0.05) is 24.2 Å². The first-order valence-electron chi connectivity index (χ1n) is 8.90. The second kappa shape index (κ2) is 8.04. The molecule has 136 valence electrons. The zero-order chi connectivity index (χ0) is 18.5. The predicted octanol–water partition coefficient (Wildman–Crippen LogP) is 3.68. The highest BCUT2D eigenvalue weighted by Crippen LogP contribution is 2.29. The van der Waals surface area contributed by atoms with Crippen molar-refractivity contribution in [3.8, 4) is 5.75 Å². The fourth-order valence-corrected chi connectivity index (χ4v) is 3.32. The minimum atomic E-state index is -0.129. The van der Waals surface area contributed by atoms with Crippen molar-refractivity contribution in [2.75, 3.05) is 30.4 Å². The van der Waals surface area contributed by atoms with Gasteiger partial charge in [-0.2, -0.15) is 0 Å². The molecule has 0 bridgehead atoms. The number of amides is 1. The van der Waals surface area contributed by atoms with Gasteiger partial charge in [0.05, 0.1) is 24.9 Å². The van der Waals surface area contributed by atoms with Crippen LogP contribution in [0.3, 0.4) is 0 Å². The quantitative estimate of drug-likeness (QED) is 0.806. The number of anilines is 2. The first kappa shape index (κ1) is 18.0. The Morgan fingerprint density at radius 2 is 1.85 bits per heavy atom. The molecule has 5 nitrogen and oxygen atoms in total. The van der Waals surface area contributed by atoms with Crippen LogP contribution in [0.4, 0.5) is 11.4 Å². The number of ketones is 1. The van der Waals surface area contributed by atoms with E-state index in [2.05, 4.69) is 10.2 Å². The summed E-state index contributed by atoms with van der Waals surface area (Å²) in [6, 6.07) is 13.1. The van der Waals surface area contributed by atoms with Gasteiger partial charge in [0.2, 0.25) is 5.91 Å². The second-order valence-electron chi connectivity index (χ2n) is 6.52. The highest BCUT2D eigenvalue weighted by Gasteiger charge is 2.17. The van der Waals surface area contributed by atoms with Gasteiger partial charge in [-0.15, -0.1) is 0 Å². The van der Waals surface area contributed by atoms with Gasteiger partial charge < -0.3 is 15.0 Å². The van der Waals surface area contributed by atoms with E-state index in [0.717, 1.165) is 24.5 Å². The number of Topliss-reactive ketones (excluding diaryl/α,β-unsaturated/α-hetero) is 1. The summed E-state index contributed by atoms with van der Waals surface area (Å²) in [5, 5.41) is 3.01. The van der Waals surface area contributed by atoms with Crippen molar-refractivity contribution in [1.82, 2.24) is 0 Å². The molecule has 26 heavy (non-hydrogen) atoms. The number of nitrogens with zero attached hydrogens (tertiary/aromatic N) is 1. The van der Waals surface area contributed by atoms with Crippen LogP contribution in [0.15, 0.2) is 42.5 Å². The van der Waals surface area contributed by atoms with E-state index >= 15 is 0 Å². The lowest BCUT2D eigenvalue weighted by molar-refractivity contribution is -0.115. The summed E-state index contributed by atoms with van der Waals surface area (Å²) in [6.07, 6.45) is 2.51. The average Bonchev–Trinajstić information content (AvgIpc) is 3.16. The van der Waals surface area contributed by atoms with E-state index in [1.54, 1.807) is 25.3 Å². The third kappa shape index (κ3) is 4.04. The van der Waals surface area contributed by atoms with E-state index in [0.29, 0.717) is 16.9 Å². The maximum absolute atomic E-state index is 12.6. The molecule has 1 amide bonds. The lowest BCUT2D eigenvalue weighted by Gasteiger charge is -2.21. The standard InChI is InChI=1S/C21H24N2O3/c1-15(24)16-9-10-20(26-2)17(13-16)14-21(25)22-18-7-3-4-8-19(18)23-11-5-6-12-23/h3-4,7-10,13H,5-6,11-12,14H2,1-2H3,(H,22,25). The molecule has 1 heterocycles. The van der Waals surface area contributed by atoms with E-state index in [4.69, 9.17) is 4.74 Å². The van der Waals surface area contributed by atoms with Crippen molar-refractivity contribution in [2.24, 2.45) is 0 Å². The Bertz CT molecular complexity index is 811. The van der Waals surface area contributed by atoms with Crippen LogP contribution in [0.1, 0.15) is 35.7 Å². The largest absolute Gasteiger partial charge is 0.496 e. The van der Waals surface area contributed by atoms with E-state index in [1.807, 2.05) is 24.3 Å². The van der Waals surface area contributed by atoms with Gasteiger partial charge >= 0.3 is 0 Å². The molecule has 1 aliphatic heterocycles. The van der Waals surface area contributed by atoms with Gasteiger partial charge in [0.1, 0.15) is 5.75 Å². The minimum absolute atomic E-state index is 0.0336. The number of hydrogen-bond donors (Lipinski definition) is 1. The number of ether oxygens (including phenoxy) is 1. The van der Waals surface area contributed by atoms with Crippen LogP contribution in [0.5, 0.6) is 5.75 Å². The van der Waals surface area contributed by atoms with Crippen LogP contribution in [-0.4, -0.2) is 31.9 Å². The van der Waals surface area contributed by atoms with Crippen LogP contribution in [0.25, 0.3) is 0 Å². The zero-order valence-electron chi connectivity index (χ0n) is 15.2. The first-order chi connectivity index (χ1) is 12.6. The van der Waals surface area contributed by atoms with Gasteiger partial charge in [-0.3, -0.25) is 9.59 Å². The van der Waals surface area contributed by atoms with Crippen molar-refractivity contribution < 1.29 is 14.3 Å². The Hall–Kier alpha value is -2.82. The number of benzene rings is 2. The molecular formula is C21H24N2O3. The Morgan fingerprint density at radius 1 is 1.12 bits per heavy atom. The Labute approximate surface area is 154 Å². The monoisotopic (exact) mass is 352 g/mol. The summed E-state index contributed by atoms with van der Waals surface area (Å²) in [6.45, 7) is 3.54. The maximum atomic E-state index is 12.6. The molecule has 0 atom stereocenters. The summed E-state index contributed by atoms with van der Waals surface area (Å²) in [4.78, 5) is 26.5. The van der Waals surface area contributed by atoms with Gasteiger partial charge in [-0.25, -0.2) is 0 Å². The summed E-state index contributed by atoms with van der Waals surface area (Å²) in [7, 11) is 1.56. The minimum Gasteiger partial charge on any atom is -0.496 e. The van der Waals surface area contributed by atoms with Gasteiger partial charge in [-0.05, 0) is 50.1 Å². The number of nitrogens with one attached hydrogen (secondary N) is 1. The first-order valence-corrected chi connectivity index (χ1v) is 8.90. The molecule has 2 aromatic rings. The van der Waals surface area contributed by atoms with Crippen LogP contribution in [0, 0.1) is 0 Å². The third-order valence-corrected chi connectivity index (χ3v) is 4.66. The molecule has 1 aliphatic rings. The normalized spacial score (nSPS) is 13.5. The molecule has 0 radical (unpaired) electrons. The van der Waals surface area contributed by atoms with Crippen molar-refractivity contribution >= 4 is 23.1 Å². The number of para-hydroxylation sites is 2. The number of hydrogen-bond acceptors (Lipinski definition) is 4. The van der Waals surface area contributed by atoms with E-state index < -0.39 is 0 Å². The smallest absolute Gasteiger partial charge is 0.228 e. The summed E-state index contributed by atoms with van der Waals surface area (Å²) in [5.41, 5.74) is 3.16. The van der Waals surface area contributed by atoms with Gasteiger partial charge in [-0.1, -0.05) is 12.1 Å².